The maximum atomic E-state index is 5.96. The van der Waals surface area contributed by atoms with E-state index in [0.717, 1.165) is 28.0 Å². The third-order valence-electron chi connectivity index (χ3n) is 3.74. The van der Waals surface area contributed by atoms with Crippen LogP contribution in [0.5, 0.6) is 0 Å². The van der Waals surface area contributed by atoms with E-state index in [2.05, 4.69) is 54.9 Å². The molecular formula is C17H19N3. The summed E-state index contributed by atoms with van der Waals surface area (Å²) >= 11 is 0. The Morgan fingerprint density at radius 2 is 1.80 bits per heavy atom. The Balaban J connectivity index is 2.17. The predicted octanol–water partition coefficient (Wildman–Crippen LogP) is 3.57. The lowest BCUT2D eigenvalue weighted by Crippen LogP contribution is -2.04. The van der Waals surface area contributed by atoms with Crippen molar-refractivity contribution in [1.82, 2.24) is 9.55 Å². The van der Waals surface area contributed by atoms with Crippen LogP contribution in [0.2, 0.25) is 0 Å². The molecule has 0 saturated carbocycles. The molecule has 0 spiro atoms. The molecular weight excluding hydrogens is 246 g/mol. The van der Waals surface area contributed by atoms with Crippen molar-refractivity contribution in [1.29, 1.82) is 0 Å². The van der Waals surface area contributed by atoms with E-state index in [9.17, 15) is 0 Å². The summed E-state index contributed by atoms with van der Waals surface area (Å²) in [6, 6.07) is 14.7. The van der Waals surface area contributed by atoms with E-state index < -0.39 is 0 Å². The normalized spacial score (nSPS) is 12.8. The third-order valence-corrected chi connectivity index (χ3v) is 3.74. The van der Waals surface area contributed by atoms with Crippen LogP contribution >= 0.6 is 0 Å². The van der Waals surface area contributed by atoms with E-state index in [1.54, 1.807) is 0 Å². The SMILES string of the molecule is Cc1ccc(-c2nc3ccc(C(C)N)cc3n2C)cc1. The van der Waals surface area contributed by atoms with Crippen molar-refractivity contribution in [3.8, 4) is 11.4 Å². The van der Waals surface area contributed by atoms with Crippen LogP contribution in [0.1, 0.15) is 24.1 Å². The zero-order chi connectivity index (χ0) is 14.3. The van der Waals surface area contributed by atoms with E-state index in [1.165, 1.54) is 5.56 Å². The molecule has 0 saturated heterocycles. The molecule has 102 valence electrons. The van der Waals surface area contributed by atoms with Crippen LogP contribution in [-0.2, 0) is 7.05 Å². The van der Waals surface area contributed by atoms with E-state index in [-0.39, 0.29) is 6.04 Å². The Hall–Kier alpha value is -2.13. The number of hydrogen-bond donors (Lipinski definition) is 1. The van der Waals surface area contributed by atoms with E-state index in [4.69, 9.17) is 10.7 Å². The molecule has 2 aromatic carbocycles. The van der Waals surface area contributed by atoms with Gasteiger partial charge in [0.1, 0.15) is 5.82 Å². The van der Waals surface area contributed by atoms with Crippen LogP contribution in [0, 0.1) is 6.92 Å². The van der Waals surface area contributed by atoms with Gasteiger partial charge in [-0.1, -0.05) is 35.9 Å². The topological polar surface area (TPSA) is 43.8 Å². The molecule has 0 fully saturated rings. The highest BCUT2D eigenvalue weighted by Crippen LogP contribution is 2.25. The Labute approximate surface area is 119 Å². The summed E-state index contributed by atoms with van der Waals surface area (Å²) in [5, 5.41) is 0. The van der Waals surface area contributed by atoms with Gasteiger partial charge < -0.3 is 10.3 Å². The van der Waals surface area contributed by atoms with Gasteiger partial charge in [0.25, 0.3) is 0 Å². The second-order valence-corrected chi connectivity index (χ2v) is 5.40. The maximum Gasteiger partial charge on any atom is 0.140 e. The first-order chi connectivity index (χ1) is 9.56. The average molecular weight is 265 g/mol. The van der Waals surface area contributed by atoms with Crippen LogP contribution in [0.25, 0.3) is 22.4 Å². The van der Waals surface area contributed by atoms with Crippen molar-refractivity contribution in [2.45, 2.75) is 19.9 Å². The predicted molar refractivity (Wildman–Crippen MR) is 83.5 cm³/mol. The van der Waals surface area contributed by atoms with Gasteiger partial charge in [-0.15, -0.1) is 0 Å². The van der Waals surface area contributed by atoms with E-state index >= 15 is 0 Å². The Morgan fingerprint density at radius 1 is 1.10 bits per heavy atom. The van der Waals surface area contributed by atoms with Gasteiger partial charge in [-0.25, -0.2) is 4.98 Å². The Morgan fingerprint density at radius 3 is 2.45 bits per heavy atom. The smallest absolute Gasteiger partial charge is 0.140 e. The second kappa shape index (κ2) is 4.76. The first-order valence-electron chi connectivity index (χ1n) is 6.85. The number of fused-ring (bicyclic) bond motifs is 1. The van der Waals surface area contributed by atoms with Crippen molar-refractivity contribution in [2.24, 2.45) is 12.8 Å². The summed E-state index contributed by atoms with van der Waals surface area (Å²) in [5.74, 6) is 0.988. The molecule has 1 unspecified atom stereocenters. The van der Waals surface area contributed by atoms with Crippen molar-refractivity contribution < 1.29 is 0 Å². The molecule has 3 aromatic rings. The van der Waals surface area contributed by atoms with E-state index in [1.807, 2.05) is 13.0 Å². The van der Waals surface area contributed by atoms with Gasteiger partial charge >= 0.3 is 0 Å². The molecule has 3 rings (SSSR count). The minimum absolute atomic E-state index is 0.0390. The fraction of sp³-hybridized carbons (Fsp3) is 0.235. The van der Waals surface area contributed by atoms with Gasteiger partial charge in [-0.05, 0) is 31.5 Å². The standard InChI is InChI=1S/C17H19N3/c1-11-4-6-13(7-5-11)17-19-15-9-8-14(12(2)18)10-16(15)20(17)3/h4-10,12H,18H2,1-3H3. The molecule has 3 nitrogen and oxygen atoms in total. The highest BCUT2D eigenvalue weighted by Gasteiger charge is 2.11. The number of aromatic nitrogens is 2. The molecule has 1 aromatic heterocycles. The monoisotopic (exact) mass is 265 g/mol. The van der Waals surface area contributed by atoms with Gasteiger partial charge in [-0.3, -0.25) is 0 Å². The Bertz CT molecular complexity index is 752. The number of aryl methyl sites for hydroxylation is 2. The van der Waals surface area contributed by atoms with Gasteiger partial charge in [0, 0.05) is 18.7 Å². The lowest BCUT2D eigenvalue weighted by Gasteiger charge is -2.06. The third kappa shape index (κ3) is 2.10. The number of nitrogens with two attached hydrogens (primary N) is 1. The van der Waals surface area contributed by atoms with Crippen molar-refractivity contribution in [2.75, 3.05) is 0 Å². The van der Waals surface area contributed by atoms with Crippen LogP contribution in [0.4, 0.5) is 0 Å². The first kappa shape index (κ1) is 12.9. The largest absolute Gasteiger partial charge is 0.327 e. The molecule has 2 N–H and O–H groups in total. The number of imidazole rings is 1. The molecule has 0 aliphatic heterocycles. The zero-order valence-corrected chi connectivity index (χ0v) is 12.1. The molecule has 0 aliphatic carbocycles. The average Bonchev–Trinajstić information content (AvgIpc) is 2.76. The minimum atomic E-state index is 0.0390. The summed E-state index contributed by atoms with van der Waals surface area (Å²) < 4.78 is 2.13. The summed E-state index contributed by atoms with van der Waals surface area (Å²) in [5.41, 5.74) is 11.6. The quantitative estimate of drug-likeness (QED) is 0.769. The number of hydrogen-bond acceptors (Lipinski definition) is 2. The minimum Gasteiger partial charge on any atom is -0.327 e. The summed E-state index contributed by atoms with van der Waals surface area (Å²) in [7, 11) is 2.05. The van der Waals surface area contributed by atoms with Crippen molar-refractivity contribution in [3.63, 3.8) is 0 Å². The zero-order valence-electron chi connectivity index (χ0n) is 12.1. The van der Waals surface area contributed by atoms with Crippen LogP contribution in [0.3, 0.4) is 0 Å². The number of benzene rings is 2. The molecule has 0 bridgehead atoms. The number of nitrogens with zero attached hydrogens (tertiary/aromatic N) is 2. The first-order valence-corrected chi connectivity index (χ1v) is 6.85. The van der Waals surface area contributed by atoms with E-state index in [0.29, 0.717) is 0 Å². The van der Waals surface area contributed by atoms with Crippen LogP contribution in [0.15, 0.2) is 42.5 Å². The highest BCUT2D eigenvalue weighted by atomic mass is 15.1. The Kier molecular flexibility index (Phi) is 3.07. The fourth-order valence-corrected chi connectivity index (χ4v) is 2.45. The van der Waals surface area contributed by atoms with Gasteiger partial charge in [0.15, 0.2) is 0 Å². The maximum absolute atomic E-state index is 5.96. The van der Waals surface area contributed by atoms with Gasteiger partial charge in [0.05, 0.1) is 11.0 Å². The molecule has 0 amide bonds. The van der Waals surface area contributed by atoms with Crippen LogP contribution < -0.4 is 5.73 Å². The lowest BCUT2D eigenvalue weighted by molar-refractivity contribution is 0.818. The van der Waals surface area contributed by atoms with Crippen LogP contribution in [-0.4, -0.2) is 9.55 Å². The molecule has 3 heteroatoms. The highest BCUT2D eigenvalue weighted by molar-refractivity contribution is 5.81. The molecule has 0 radical (unpaired) electrons. The molecule has 0 aliphatic rings. The fourth-order valence-electron chi connectivity index (χ4n) is 2.45. The summed E-state index contributed by atoms with van der Waals surface area (Å²) in [4.78, 5) is 4.73. The molecule has 1 atom stereocenters. The summed E-state index contributed by atoms with van der Waals surface area (Å²) in [6.07, 6.45) is 0. The molecule has 20 heavy (non-hydrogen) atoms. The molecule has 1 heterocycles. The summed E-state index contributed by atoms with van der Waals surface area (Å²) in [6.45, 7) is 4.09. The van der Waals surface area contributed by atoms with Crippen molar-refractivity contribution in [3.05, 3.63) is 53.6 Å². The number of rotatable bonds is 2. The lowest BCUT2D eigenvalue weighted by atomic mass is 10.1. The van der Waals surface area contributed by atoms with Gasteiger partial charge in [0.2, 0.25) is 0 Å². The van der Waals surface area contributed by atoms with Gasteiger partial charge in [-0.2, -0.15) is 0 Å². The second-order valence-electron chi connectivity index (χ2n) is 5.40. The van der Waals surface area contributed by atoms with Crippen molar-refractivity contribution >= 4 is 11.0 Å².